The first-order valence-electron chi connectivity index (χ1n) is 13.7. The molecular weight excluding hydrogens is 670 g/mol. The molecule has 3 aromatic heterocycles. The number of carbonyl (C=O) groups is 1. The molecule has 5 rings (SSSR count). The van der Waals surface area contributed by atoms with Gasteiger partial charge in [0.2, 0.25) is 0 Å². The Morgan fingerprint density at radius 1 is 1.18 bits per heavy atom. The molecule has 0 saturated carbocycles. The number of carbonyl (C=O) groups excluding carboxylic acids is 1. The molecule has 0 radical (unpaired) electrons. The van der Waals surface area contributed by atoms with Gasteiger partial charge >= 0.3 is 0 Å². The number of furan rings is 1. The van der Waals surface area contributed by atoms with E-state index in [9.17, 15) is 14.4 Å². The normalized spacial score (nSPS) is 14.8. The smallest absolute Gasteiger partial charge is 0.271 e. The Morgan fingerprint density at radius 2 is 1.93 bits per heavy atom. The van der Waals surface area contributed by atoms with Crippen LogP contribution >= 0.6 is 39.0 Å². The molecular formula is C30H30BrN5O6S2. The molecule has 4 aromatic rings. The summed E-state index contributed by atoms with van der Waals surface area (Å²) < 4.78 is 19.8. The summed E-state index contributed by atoms with van der Waals surface area (Å²) in [5, 5.41) is 0.837. The number of amides is 1. The van der Waals surface area contributed by atoms with Gasteiger partial charge in [-0.1, -0.05) is 11.3 Å². The second-order valence-electron chi connectivity index (χ2n) is 9.75. The molecule has 1 amide bonds. The highest BCUT2D eigenvalue weighted by Gasteiger charge is 2.36. The number of ether oxygens (including phenoxy) is 2. The maximum atomic E-state index is 14.2. The van der Waals surface area contributed by atoms with E-state index in [2.05, 4.69) is 25.9 Å². The molecule has 0 unspecified atom stereocenters. The Balaban J connectivity index is 1.67. The Kier molecular flexibility index (Phi) is 9.32. The second-order valence-corrected chi connectivity index (χ2v) is 12.6. The van der Waals surface area contributed by atoms with E-state index in [0.29, 0.717) is 76.9 Å². The Bertz CT molecular complexity index is 2020. The third-order valence-corrected chi connectivity index (χ3v) is 9.73. The van der Waals surface area contributed by atoms with E-state index < -0.39 is 6.04 Å². The lowest BCUT2D eigenvalue weighted by atomic mass is 9.93. The molecule has 1 aliphatic rings. The number of hydrogen-bond donors (Lipinski definition) is 1. The standard InChI is InChI=1S/C30H30BrN5O6S2/c1-7-35(8-2)27(39)24-16(4)33-30-36(25(24)19-12-17(40-5)9-10-21(19)41-6)26(38)22(43-30)14-18-13-20(31)28(42-18)44-29-32-15(3)11-23(37)34-29/h9-14,25H,7-8H2,1-6H3,(H,32,34,37)/b22-14-/t25-/m1/s1. The van der Waals surface area contributed by atoms with Gasteiger partial charge in [-0.2, -0.15) is 0 Å². The van der Waals surface area contributed by atoms with Gasteiger partial charge in [-0.25, -0.2) is 9.98 Å². The number of aromatic amines is 1. The van der Waals surface area contributed by atoms with E-state index in [-0.39, 0.29) is 17.0 Å². The quantitative estimate of drug-likeness (QED) is 0.259. The number of rotatable bonds is 9. The van der Waals surface area contributed by atoms with E-state index >= 15 is 0 Å². The first kappa shape index (κ1) is 31.5. The highest BCUT2D eigenvalue weighted by atomic mass is 79.9. The fourth-order valence-corrected chi connectivity index (χ4v) is 7.34. The largest absolute Gasteiger partial charge is 0.497 e. The molecule has 0 saturated heterocycles. The number of methoxy groups -OCH3 is 2. The number of allylic oxidation sites excluding steroid dienone is 1. The lowest BCUT2D eigenvalue weighted by Gasteiger charge is -2.30. The van der Waals surface area contributed by atoms with Crippen molar-refractivity contribution in [2.45, 2.75) is 44.0 Å². The number of aryl methyl sites for hydroxylation is 1. The van der Waals surface area contributed by atoms with Crippen LogP contribution in [0.1, 0.15) is 43.8 Å². The number of likely N-dealkylation sites (N-methyl/N-ethyl adjacent to an activating group) is 1. The minimum Gasteiger partial charge on any atom is -0.497 e. The fourth-order valence-electron chi connectivity index (χ4n) is 4.95. The lowest BCUT2D eigenvalue weighted by molar-refractivity contribution is -0.127. The lowest BCUT2D eigenvalue weighted by Crippen LogP contribution is -2.43. The molecule has 44 heavy (non-hydrogen) atoms. The highest BCUT2D eigenvalue weighted by Crippen LogP contribution is 2.38. The van der Waals surface area contributed by atoms with Crippen LogP contribution in [0.4, 0.5) is 0 Å². The van der Waals surface area contributed by atoms with Crippen LogP contribution in [0.3, 0.4) is 0 Å². The zero-order chi connectivity index (χ0) is 31.7. The summed E-state index contributed by atoms with van der Waals surface area (Å²) in [5.41, 5.74) is 1.48. The van der Waals surface area contributed by atoms with Crippen molar-refractivity contribution in [2.24, 2.45) is 4.99 Å². The molecule has 0 aliphatic carbocycles. The molecule has 0 bridgehead atoms. The monoisotopic (exact) mass is 699 g/mol. The summed E-state index contributed by atoms with van der Waals surface area (Å²) in [4.78, 5) is 53.9. The molecule has 14 heteroatoms. The van der Waals surface area contributed by atoms with Crippen molar-refractivity contribution in [1.82, 2.24) is 19.4 Å². The van der Waals surface area contributed by atoms with Crippen LogP contribution in [0.25, 0.3) is 6.08 Å². The average molecular weight is 701 g/mol. The molecule has 1 atom stereocenters. The molecule has 1 N–H and O–H groups in total. The summed E-state index contributed by atoms with van der Waals surface area (Å²) in [6.07, 6.45) is 1.64. The number of halogens is 1. The van der Waals surface area contributed by atoms with Gasteiger partial charge in [-0.05, 0) is 79.7 Å². The number of thiazole rings is 1. The van der Waals surface area contributed by atoms with Crippen LogP contribution < -0.4 is 29.9 Å². The molecule has 1 aromatic carbocycles. The Morgan fingerprint density at radius 3 is 2.59 bits per heavy atom. The van der Waals surface area contributed by atoms with E-state index in [1.165, 1.54) is 22.0 Å². The third kappa shape index (κ3) is 6.06. The number of H-pyrrole nitrogens is 1. The topological polar surface area (TPSA) is 132 Å². The predicted molar refractivity (Wildman–Crippen MR) is 171 cm³/mol. The number of nitrogens with one attached hydrogen (secondary N) is 1. The summed E-state index contributed by atoms with van der Waals surface area (Å²) in [6.45, 7) is 8.34. The molecule has 0 spiro atoms. The number of hydrogen-bond acceptors (Lipinski definition) is 10. The van der Waals surface area contributed by atoms with Crippen molar-refractivity contribution in [3.63, 3.8) is 0 Å². The molecule has 11 nitrogen and oxygen atoms in total. The summed E-state index contributed by atoms with van der Waals surface area (Å²) in [6, 6.07) is 7.63. The fraction of sp³-hybridized carbons (Fsp3) is 0.300. The number of nitrogens with zero attached hydrogens (tertiary/aromatic N) is 4. The van der Waals surface area contributed by atoms with Crippen molar-refractivity contribution in [3.05, 3.63) is 93.1 Å². The number of fused-ring (bicyclic) bond motifs is 1. The number of benzene rings is 1. The van der Waals surface area contributed by atoms with Crippen LogP contribution in [0, 0.1) is 6.92 Å². The minimum atomic E-state index is -0.815. The Labute approximate surface area is 269 Å². The van der Waals surface area contributed by atoms with Gasteiger partial charge in [0, 0.05) is 36.5 Å². The van der Waals surface area contributed by atoms with Crippen LogP contribution in [0.15, 0.2) is 75.3 Å². The van der Waals surface area contributed by atoms with Crippen molar-refractivity contribution in [2.75, 3.05) is 27.3 Å². The average Bonchev–Trinajstić information content (AvgIpc) is 3.48. The van der Waals surface area contributed by atoms with Crippen LogP contribution in [0.5, 0.6) is 11.5 Å². The van der Waals surface area contributed by atoms with E-state index in [1.807, 2.05) is 13.8 Å². The Hall–Kier alpha value is -3.88. The minimum absolute atomic E-state index is 0.208. The summed E-state index contributed by atoms with van der Waals surface area (Å²) in [7, 11) is 3.10. The van der Waals surface area contributed by atoms with E-state index in [0.717, 1.165) is 11.8 Å². The van der Waals surface area contributed by atoms with Crippen LogP contribution in [-0.2, 0) is 4.79 Å². The summed E-state index contributed by atoms with van der Waals surface area (Å²) >= 11 is 5.84. The van der Waals surface area contributed by atoms with Crippen LogP contribution in [0.2, 0.25) is 0 Å². The van der Waals surface area contributed by atoms with Gasteiger partial charge < -0.3 is 23.8 Å². The van der Waals surface area contributed by atoms with Crippen molar-refractivity contribution in [3.8, 4) is 11.5 Å². The van der Waals surface area contributed by atoms with Gasteiger partial charge in [0.15, 0.2) is 15.1 Å². The second kappa shape index (κ2) is 13.0. The summed E-state index contributed by atoms with van der Waals surface area (Å²) in [5.74, 6) is 1.26. The van der Waals surface area contributed by atoms with Crippen molar-refractivity contribution >= 4 is 51.0 Å². The van der Waals surface area contributed by atoms with Crippen molar-refractivity contribution < 1.29 is 18.7 Å². The molecule has 0 fully saturated rings. The maximum absolute atomic E-state index is 14.2. The zero-order valence-electron chi connectivity index (χ0n) is 24.9. The first-order chi connectivity index (χ1) is 21.1. The van der Waals surface area contributed by atoms with Gasteiger partial charge in [0.25, 0.3) is 17.0 Å². The maximum Gasteiger partial charge on any atom is 0.271 e. The third-order valence-electron chi connectivity index (χ3n) is 7.02. The molecule has 1 aliphatic heterocycles. The number of aromatic nitrogens is 3. The van der Waals surface area contributed by atoms with Gasteiger partial charge in [-0.15, -0.1) is 0 Å². The zero-order valence-corrected chi connectivity index (χ0v) is 28.1. The van der Waals surface area contributed by atoms with Gasteiger partial charge in [0.05, 0.1) is 34.5 Å². The van der Waals surface area contributed by atoms with E-state index in [4.69, 9.17) is 18.9 Å². The SMILES string of the molecule is CCN(CC)C(=O)C1=C(C)N=c2s/c(=C\c3cc(Br)c(Sc4nc(C)cc(=O)[nH]4)o3)c(=O)n2[C@@H]1c1cc(OC)ccc1OC. The molecule has 230 valence electrons. The highest BCUT2D eigenvalue weighted by molar-refractivity contribution is 9.10. The van der Waals surface area contributed by atoms with E-state index in [1.54, 1.807) is 63.3 Å². The predicted octanol–water partition coefficient (Wildman–Crippen LogP) is 4.02. The van der Waals surface area contributed by atoms with Crippen molar-refractivity contribution in [1.29, 1.82) is 0 Å². The van der Waals surface area contributed by atoms with Gasteiger partial charge in [-0.3, -0.25) is 19.0 Å². The van der Waals surface area contributed by atoms with Gasteiger partial charge in [0.1, 0.15) is 23.3 Å². The van der Waals surface area contributed by atoms with Crippen LogP contribution in [-0.4, -0.2) is 52.7 Å². The molecule has 4 heterocycles. The first-order valence-corrected chi connectivity index (χ1v) is 16.1.